The summed E-state index contributed by atoms with van der Waals surface area (Å²) in [5.74, 6) is -0.666. The third-order valence-electron chi connectivity index (χ3n) is 2.81. The van der Waals surface area contributed by atoms with E-state index in [1.807, 2.05) is 0 Å². The van der Waals surface area contributed by atoms with E-state index in [-0.39, 0.29) is 32.8 Å². The van der Waals surface area contributed by atoms with Gasteiger partial charge in [0.1, 0.15) is 11.5 Å². The lowest BCUT2D eigenvalue weighted by molar-refractivity contribution is -0.0493. The first-order valence-corrected chi connectivity index (χ1v) is 7.06. The number of rotatable bonds is 5. The van der Waals surface area contributed by atoms with E-state index >= 15 is 0 Å². The van der Waals surface area contributed by atoms with Crippen LogP contribution in [0.15, 0.2) is 36.4 Å². The summed E-state index contributed by atoms with van der Waals surface area (Å²) in [6.07, 6.45) is 0. The van der Waals surface area contributed by atoms with Crippen LogP contribution in [-0.2, 0) is 0 Å². The van der Waals surface area contributed by atoms with Crippen molar-refractivity contribution in [3.63, 3.8) is 0 Å². The highest BCUT2D eigenvalue weighted by Crippen LogP contribution is 2.33. The summed E-state index contributed by atoms with van der Waals surface area (Å²) >= 11 is 11.9. The SMILES string of the molecule is COc1c(Cl)cc(Cl)cc1C(=O)Nc1ccccc1OC(F)F. The molecule has 1 N–H and O–H groups in total. The number of anilines is 1. The van der Waals surface area contributed by atoms with Crippen molar-refractivity contribution in [1.82, 2.24) is 0 Å². The Labute approximate surface area is 140 Å². The van der Waals surface area contributed by atoms with Gasteiger partial charge in [-0.05, 0) is 24.3 Å². The zero-order valence-electron chi connectivity index (χ0n) is 11.8. The Hall–Kier alpha value is -2.05. The summed E-state index contributed by atoms with van der Waals surface area (Å²) < 4.78 is 34.2. The summed E-state index contributed by atoms with van der Waals surface area (Å²) in [5.41, 5.74) is 0.146. The van der Waals surface area contributed by atoms with Crippen LogP contribution < -0.4 is 14.8 Å². The van der Waals surface area contributed by atoms with Crippen LogP contribution in [0, 0.1) is 0 Å². The molecule has 0 saturated carbocycles. The van der Waals surface area contributed by atoms with Gasteiger partial charge in [0.05, 0.1) is 23.4 Å². The van der Waals surface area contributed by atoms with Crippen molar-refractivity contribution in [3.8, 4) is 11.5 Å². The number of methoxy groups -OCH3 is 1. The molecule has 2 rings (SSSR count). The van der Waals surface area contributed by atoms with Crippen LogP contribution >= 0.6 is 23.2 Å². The first-order chi connectivity index (χ1) is 10.9. The Morgan fingerprint density at radius 1 is 1.22 bits per heavy atom. The van der Waals surface area contributed by atoms with Gasteiger partial charge in [0, 0.05) is 5.02 Å². The lowest BCUT2D eigenvalue weighted by Crippen LogP contribution is -2.15. The Kier molecular flexibility index (Phi) is 5.63. The molecule has 0 aliphatic rings. The third kappa shape index (κ3) is 4.24. The normalized spacial score (nSPS) is 10.5. The maximum absolute atomic E-state index is 12.4. The average molecular weight is 362 g/mol. The zero-order valence-corrected chi connectivity index (χ0v) is 13.3. The van der Waals surface area contributed by atoms with E-state index in [4.69, 9.17) is 27.9 Å². The second-order valence-corrected chi connectivity index (χ2v) is 5.14. The minimum Gasteiger partial charge on any atom is -0.494 e. The van der Waals surface area contributed by atoms with Crippen LogP contribution in [0.25, 0.3) is 0 Å². The Bertz CT molecular complexity index is 726. The highest BCUT2D eigenvalue weighted by molar-refractivity contribution is 6.36. The number of halogens is 4. The smallest absolute Gasteiger partial charge is 0.387 e. The van der Waals surface area contributed by atoms with E-state index in [0.29, 0.717) is 0 Å². The van der Waals surface area contributed by atoms with Crippen molar-refractivity contribution < 1.29 is 23.0 Å². The van der Waals surface area contributed by atoms with Gasteiger partial charge >= 0.3 is 6.61 Å². The quantitative estimate of drug-likeness (QED) is 0.827. The molecule has 0 bridgehead atoms. The molecule has 1 amide bonds. The van der Waals surface area contributed by atoms with E-state index < -0.39 is 12.5 Å². The largest absolute Gasteiger partial charge is 0.494 e. The van der Waals surface area contributed by atoms with Crippen LogP contribution in [-0.4, -0.2) is 19.6 Å². The number of para-hydroxylation sites is 2. The van der Waals surface area contributed by atoms with Crippen LogP contribution in [0.5, 0.6) is 11.5 Å². The maximum Gasteiger partial charge on any atom is 0.387 e. The molecule has 2 aromatic carbocycles. The van der Waals surface area contributed by atoms with Crippen LogP contribution in [0.4, 0.5) is 14.5 Å². The average Bonchev–Trinajstić information content (AvgIpc) is 2.48. The molecule has 0 heterocycles. The zero-order chi connectivity index (χ0) is 17.0. The molecular formula is C15H11Cl2F2NO3. The fourth-order valence-electron chi connectivity index (χ4n) is 1.89. The molecule has 0 saturated heterocycles. The highest BCUT2D eigenvalue weighted by Gasteiger charge is 2.19. The van der Waals surface area contributed by atoms with Crippen LogP contribution in [0.3, 0.4) is 0 Å². The van der Waals surface area contributed by atoms with Gasteiger partial charge < -0.3 is 14.8 Å². The Morgan fingerprint density at radius 2 is 1.91 bits per heavy atom. The summed E-state index contributed by atoms with van der Waals surface area (Å²) in [7, 11) is 1.35. The number of ether oxygens (including phenoxy) is 2. The van der Waals surface area contributed by atoms with Gasteiger partial charge in [-0.25, -0.2) is 0 Å². The van der Waals surface area contributed by atoms with Crippen molar-refractivity contribution in [1.29, 1.82) is 0 Å². The second kappa shape index (κ2) is 7.48. The Balaban J connectivity index is 2.34. The number of amides is 1. The Morgan fingerprint density at radius 3 is 2.57 bits per heavy atom. The van der Waals surface area contributed by atoms with Gasteiger partial charge in [-0.3, -0.25) is 4.79 Å². The number of nitrogens with one attached hydrogen (secondary N) is 1. The summed E-state index contributed by atoms with van der Waals surface area (Å²) in [4.78, 5) is 12.4. The summed E-state index contributed by atoms with van der Waals surface area (Å²) in [6, 6.07) is 8.59. The van der Waals surface area contributed by atoms with E-state index in [2.05, 4.69) is 10.1 Å². The van der Waals surface area contributed by atoms with Gasteiger partial charge in [-0.15, -0.1) is 0 Å². The maximum atomic E-state index is 12.4. The standard InChI is InChI=1S/C15H11Cl2F2NO3/c1-22-13-9(6-8(16)7-10(13)17)14(21)20-11-4-2-3-5-12(11)23-15(18)19/h2-7,15H,1H3,(H,20,21). The van der Waals surface area contributed by atoms with Crippen molar-refractivity contribution in [2.75, 3.05) is 12.4 Å². The van der Waals surface area contributed by atoms with Crippen molar-refractivity contribution in [2.24, 2.45) is 0 Å². The molecule has 0 aliphatic heterocycles. The number of carbonyl (C=O) groups excluding carboxylic acids is 1. The molecule has 0 aromatic heterocycles. The molecule has 2 aromatic rings. The molecule has 0 atom stereocenters. The fourth-order valence-corrected chi connectivity index (χ4v) is 2.47. The third-order valence-corrected chi connectivity index (χ3v) is 3.31. The minimum atomic E-state index is -3.01. The lowest BCUT2D eigenvalue weighted by Gasteiger charge is -2.14. The van der Waals surface area contributed by atoms with Gasteiger partial charge in [0.25, 0.3) is 5.91 Å². The number of benzene rings is 2. The number of alkyl halides is 2. The molecule has 0 spiro atoms. The summed E-state index contributed by atoms with van der Waals surface area (Å²) in [6.45, 7) is -3.01. The lowest BCUT2D eigenvalue weighted by atomic mass is 10.1. The van der Waals surface area contributed by atoms with E-state index in [1.165, 1.54) is 37.4 Å². The molecule has 0 radical (unpaired) electrons. The van der Waals surface area contributed by atoms with E-state index in [0.717, 1.165) is 0 Å². The van der Waals surface area contributed by atoms with Gasteiger partial charge in [0.15, 0.2) is 0 Å². The molecule has 122 valence electrons. The van der Waals surface area contributed by atoms with Gasteiger partial charge in [0.2, 0.25) is 0 Å². The van der Waals surface area contributed by atoms with Crippen molar-refractivity contribution in [3.05, 3.63) is 52.0 Å². The number of hydrogen-bond donors (Lipinski definition) is 1. The fraction of sp³-hybridized carbons (Fsp3) is 0.133. The van der Waals surface area contributed by atoms with Crippen LogP contribution in [0.2, 0.25) is 10.0 Å². The monoisotopic (exact) mass is 361 g/mol. The van der Waals surface area contributed by atoms with Crippen LogP contribution in [0.1, 0.15) is 10.4 Å². The first-order valence-electron chi connectivity index (χ1n) is 6.30. The molecule has 0 aliphatic carbocycles. The van der Waals surface area contributed by atoms with Crippen molar-refractivity contribution in [2.45, 2.75) is 6.61 Å². The highest BCUT2D eigenvalue weighted by atomic mass is 35.5. The van der Waals surface area contributed by atoms with Gasteiger partial charge in [-0.1, -0.05) is 35.3 Å². The van der Waals surface area contributed by atoms with E-state index in [1.54, 1.807) is 6.07 Å². The molecular weight excluding hydrogens is 351 g/mol. The van der Waals surface area contributed by atoms with Gasteiger partial charge in [-0.2, -0.15) is 8.78 Å². The predicted octanol–water partition coefficient (Wildman–Crippen LogP) is 4.86. The molecule has 4 nitrogen and oxygen atoms in total. The number of carbonyl (C=O) groups is 1. The summed E-state index contributed by atoms with van der Waals surface area (Å²) in [5, 5.41) is 2.86. The molecule has 0 unspecified atom stereocenters. The van der Waals surface area contributed by atoms with E-state index in [9.17, 15) is 13.6 Å². The predicted molar refractivity (Wildman–Crippen MR) is 84.0 cm³/mol. The number of hydrogen-bond acceptors (Lipinski definition) is 3. The molecule has 23 heavy (non-hydrogen) atoms. The molecule has 0 fully saturated rings. The minimum absolute atomic E-state index is 0.0665. The second-order valence-electron chi connectivity index (χ2n) is 4.30. The van der Waals surface area contributed by atoms with Crippen molar-refractivity contribution >= 4 is 34.8 Å². The molecule has 8 heteroatoms. The topological polar surface area (TPSA) is 47.6 Å². The first kappa shape index (κ1) is 17.3.